The molecule has 0 aliphatic carbocycles. The zero-order valence-corrected chi connectivity index (χ0v) is 20.5. The van der Waals surface area contributed by atoms with E-state index in [9.17, 15) is 0 Å². The van der Waals surface area contributed by atoms with Crippen LogP contribution in [0.3, 0.4) is 0 Å². The summed E-state index contributed by atoms with van der Waals surface area (Å²) < 4.78 is 56.0. The molecule has 0 aromatic heterocycles. The van der Waals surface area contributed by atoms with Gasteiger partial charge in [0.05, 0.1) is 52.9 Å². The van der Waals surface area contributed by atoms with E-state index >= 15 is 0 Å². The number of nitrogens with zero attached hydrogens (tertiary/aromatic N) is 7. The summed E-state index contributed by atoms with van der Waals surface area (Å²) in [5.41, 5.74) is 0. The van der Waals surface area contributed by atoms with Gasteiger partial charge in [0.25, 0.3) is 15.2 Å². The quantitative estimate of drug-likeness (QED) is 0.430. The molecular formula is C16H32N7O5P3. The molecule has 6 rings (SSSR count). The number of fused-ring (bicyclic) bond motifs is 1. The summed E-state index contributed by atoms with van der Waals surface area (Å²) in [6.45, 7) is 12.2. The highest BCUT2D eigenvalue weighted by molar-refractivity contribution is 7.81. The molecule has 0 N–H and O–H groups in total. The molecule has 12 nitrogen and oxygen atoms in total. The first-order valence-electron chi connectivity index (χ1n) is 11.2. The van der Waals surface area contributed by atoms with Gasteiger partial charge in [-0.1, -0.05) is 0 Å². The van der Waals surface area contributed by atoms with Gasteiger partial charge in [-0.15, -0.1) is 0 Å². The fraction of sp³-hybridized carbons (Fsp3) is 1.00. The molecule has 0 aromatic rings. The molecule has 176 valence electrons. The third kappa shape index (κ3) is 4.65. The Kier molecular flexibility index (Phi) is 6.23. The Bertz CT molecular complexity index is 811. The lowest BCUT2D eigenvalue weighted by Crippen LogP contribution is -2.16. The summed E-state index contributed by atoms with van der Waals surface area (Å²) in [5, 5.41) is 0. The van der Waals surface area contributed by atoms with E-state index in [2.05, 4.69) is 18.7 Å². The number of ether oxygens (including phenoxy) is 3. The monoisotopic (exact) mass is 495 g/mol. The number of hydrogen-bond acceptors (Lipinski definition) is 12. The molecule has 4 fully saturated rings. The first kappa shape index (κ1) is 21.8. The van der Waals surface area contributed by atoms with E-state index < -0.39 is 22.7 Å². The van der Waals surface area contributed by atoms with Crippen molar-refractivity contribution in [2.75, 3.05) is 105 Å². The fourth-order valence-electron chi connectivity index (χ4n) is 3.63. The molecule has 31 heavy (non-hydrogen) atoms. The molecule has 6 heterocycles. The minimum Gasteiger partial charge on any atom is -0.377 e. The van der Waals surface area contributed by atoms with Gasteiger partial charge < -0.3 is 23.3 Å². The molecule has 6 aliphatic rings. The largest absolute Gasteiger partial charge is 0.377 e. The van der Waals surface area contributed by atoms with Crippen LogP contribution >= 0.6 is 22.7 Å². The van der Waals surface area contributed by atoms with E-state index in [4.69, 9.17) is 36.8 Å². The molecule has 15 heteroatoms. The van der Waals surface area contributed by atoms with E-state index in [1.807, 2.05) is 0 Å². The van der Waals surface area contributed by atoms with Gasteiger partial charge >= 0.3 is 0 Å². The predicted octanol–water partition coefficient (Wildman–Crippen LogP) is 2.20. The van der Waals surface area contributed by atoms with Gasteiger partial charge in [0.2, 0.25) is 7.51 Å². The van der Waals surface area contributed by atoms with Crippen LogP contribution in [0.1, 0.15) is 0 Å². The van der Waals surface area contributed by atoms with Crippen molar-refractivity contribution in [3.8, 4) is 0 Å². The summed E-state index contributed by atoms with van der Waals surface area (Å²) in [7, 11) is -7.28. The topological polar surface area (TPSA) is 95.3 Å². The van der Waals surface area contributed by atoms with Crippen molar-refractivity contribution in [2.24, 2.45) is 13.5 Å². The normalized spacial score (nSPS) is 40.3. The Balaban J connectivity index is 1.41. The Morgan fingerprint density at radius 1 is 0.419 bits per heavy atom. The van der Waals surface area contributed by atoms with E-state index in [1.54, 1.807) is 0 Å². The van der Waals surface area contributed by atoms with Gasteiger partial charge in [0.1, 0.15) is 0 Å². The van der Waals surface area contributed by atoms with Crippen LogP contribution in [0.4, 0.5) is 0 Å². The highest BCUT2D eigenvalue weighted by Crippen LogP contribution is 2.85. The Morgan fingerprint density at radius 2 is 0.806 bits per heavy atom. The zero-order valence-electron chi connectivity index (χ0n) is 17.8. The number of rotatable bonds is 4. The molecule has 2 atom stereocenters. The Hall–Kier alpha value is 0.330. The lowest BCUT2D eigenvalue weighted by molar-refractivity contribution is 0.00509. The first-order valence-corrected chi connectivity index (χ1v) is 15.9. The van der Waals surface area contributed by atoms with Gasteiger partial charge in [-0.2, -0.15) is 13.5 Å². The molecule has 0 spiro atoms. The second kappa shape index (κ2) is 8.84. The van der Waals surface area contributed by atoms with Crippen LogP contribution in [-0.2, 0) is 23.3 Å². The van der Waals surface area contributed by atoms with Crippen molar-refractivity contribution < 1.29 is 23.3 Å². The molecule has 0 aromatic carbocycles. The molecule has 2 bridgehead atoms. The number of hydrogen-bond donors (Lipinski definition) is 0. The van der Waals surface area contributed by atoms with Crippen LogP contribution in [0.2, 0.25) is 0 Å². The standard InChI is InChI=1S/C16H32N7O5P3/c1-2-20(1)29(21-3-4-21)17-30(22-5-6-22)19-31(18-29,23-7-8-23)28-16-14-26-12-10-24-9-11-25-13-15-27-30/h1-16H2. The van der Waals surface area contributed by atoms with Crippen LogP contribution in [-0.4, -0.2) is 124 Å². The third-order valence-electron chi connectivity index (χ3n) is 5.62. The molecule has 2 unspecified atom stereocenters. The maximum atomic E-state index is 6.58. The van der Waals surface area contributed by atoms with E-state index in [-0.39, 0.29) is 0 Å². The Labute approximate surface area is 183 Å². The first-order chi connectivity index (χ1) is 15.2. The van der Waals surface area contributed by atoms with Crippen LogP contribution in [0.5, 0.6) is 0 Å². The highest BCUT2D eigenvalue weighted by atomic mass is 31.3. The molecule has 4 saturated heterocycles. The van der Waals surface area contributed by atoms with Gasteiger partial charge in [-0.05, 0) is 0 Å². The maximum Gasteiger partial charge on any atom is 0.283 e. The van der Waals surface area contributed by atoms with Crippen LogP contribution in [0.25, 0.3) is 0 Å². The van der Waals surface area contributed by atoms with Crippen molar-refractivity contribution in [2.45, 2.75) is 0 Å². The molecule has 0 saturated carbocycles. The molecule has 6 aliphatic heterocycles. The smallest absolute Gasteiger partial charge is 0.283 e. The van der Waals surface area contributed by atoms with Gasteiger partial charge in [-0.25, -0.2) is 18.7 Å². The predicted molar refractivity (Wildman–Crippen MR) is 119 cm³/mol. The average Bonchev–Trinajstić information content (AvgIpc) is 3.58. The van der Waals surface area contributed by atoms with Crippen molar-refractivity contribution >= 4 is 22.7 Å². The summed E-state index contributed by atoms with van der Waals surface area (Å²) in [6.07, 6.45) is 0. The van der Waals surface area contributed by atoms with E-state index in [0.717, 1.165) is 52.4 Å². The Morgan fingerprint density at radius 3 is 1.23 bits per heavy atom. The third-order valence-corrected chi connectivity index (χ3v) is 16.9. The van der Waals surface area contributed by atoms with E-state index in [0.29, 0.717) is 52.9 Å². The molecular weight excluding hydrogens is 463 g/mol. The lowest BCUT2D eigenvalue weighted by Gasteiger charge is -2.37. The maximum absolute atomic E-state index is 6.58. The second-order valence-corrected chi connectivity index (χ2v) is 16.2. The highest BCUT2D eigenvalue weighted by Gasteiger charge is 2.56. The van der Waals surface area contributed by atoms with E-state index in [1.165, 1.54) is 0 Å². The molecule has 0 radical (unpaired) electrons. The van der Waals surface area contributed by atoms with Crippen molar-refractivity contribution in [3.05, 3.63) is 0 Å². The van der Waals surface area contributed by atoms with Gasteiger partial charge in [-0.3, -0.25) is 0 Å². The summed E-state index contributed by atoms with van der Waals surface area (Å²) in [4.78, 5) is 0. The van der Waals surface area contributed by atoms with Crippen molar-refractivity contribution in [3.63, 3.8) is 0 Å². The van der Waals surface area contributed by atoms with Crippen molar-refractivity contribution in [1.82, 2.24) is 18.7 Å². The minimum atomic E-state index is -2.54. The summed E-state index contributed by atoms with van der Waals surface area (Å²) >= 11 is 0. The van der Waals surface area contributed by atoms with Crippen LogP contribution in [0, 0.1) is 0 Å². The van der Waals surface area contributed by atoms with Gasteiger partial charge in [0.15, 0.2) is 0 Å². The van der Waals surface area contributed by atoms with Gasteiger partial charge in [0, 0.05) is 52.4 Å². The zero-order chi connectivity index (χ0) is 20.8. The van der Waals surface area contributed by atoms with Crippen LogP contribution < -0.4 is 0 Å². The summed E-state index contributed by atoms with van der Waals surface area (Å²) in [5.74, 6) is 0. The SMILES string of the molecule is C1COCCOP2(N3CC3)=NP(N3CC3)(=NP(N3CC3)(N3CC3)=N2)OCCOCCO1. The molecule has 0 amide bonds. The van der Waals surface area contributed by atoms with Crippen molar-refractivity contribution in [1.29, 1.82) is 0 Å². The second-order valence-electron chi connectivity index (χ2n) is 8.15. The minimum absolute atomic E-state index is 0.473. The average molecular weight is 495 g/mol. The fourth-order valence-corrected chi connectivity index (χ4v) is 17.0. The summed E-state index contributed by atoms with van der Waals surface area (Å²) in [6, 6.07) is 0. The van der Waals surface area contributed by atoms with Crippen LogP contribution in [0.15, 0.2) is 13.5 Å². The lowest BCUT2D eigenvalue weighted by atomic mass is 10.7.